The van der Waals surface area contributed by atoms with Crippen LogP contribution in [0.4, 0.5) is 0 Å². The highest BCUT2D eigenvalue weighted by Gasteiger charge is 2.43. The van der Waals surface area contributed by atoms with Crippen molar-refractivity contribution >= 4 is 18.5 Å². The molecule has 1 heterocycles. The van der Waals surface area contributed by atoms with Crippen LogP contribution in [0.1, 0.15) is 32.1 Å². The van der Waals surface area contributed by atoms with E-state index in [-0.39, 0.29) is 5.41 Å². The van der Waals surface area contributed by atoms with Gasteiger partial charge in [-0.15, -0.1) is 0 Å². The Kier molecular flexibility index (Phi) is 3.80. The van der Waals surface area contributed by atoms with Crippen LogP contribution in [-0.4, -0.2) is 42.9 Å². The van der Waals surface area contributed by atoms with E-state index in [4.69, 9.17) is 4.74 Å². The minimum Gasteiger partial charge on any atom is -0.381 e. The summed E-state index contributed by atoms with van der Waals surface area (Å²) in [4.78, 5) is 14.0. The standard InChI is InChI=1S/C12H21NO2S/c1-13(10-2-6-15-7-3-10)11(14)8-12(9-16)4-5-12/h10,16H,2-9H2,1H3. The van der Waals surface area contributed by atoms with Gasteiger partial charge in [0.25, 0.3) is 0 Å². The van der Waals surface area contributed by atoms with Crippen LogP contribution < -0.4 is 0 Å². The summed E-state index contributed by atoms with van der Waals surface area (Å²) in [5.74, 6) is 1.14. The monoisotopic (exact) mass is 243 g/mol. The lowest BCUT2D eigenvalue weighted by atomic mass is 10.0. The van der Waals surface area contributed by atoms with Crippen molar-refractivity contribution in [3.05, 3.63) is 0 Å². The molecule has 0 spiro atoms. The molecule has 2 aliphatic rings. The Morgan fingerprint density at radius 1 is 1.44 bits per heavy atom. The molecular formula is C12H21NO2S. The summed E-state index contributed by atoms with van der Waals surface area (Å²) in [6.45, 7) is 1.58. The molecule has 1 aliphatic heterocycles. The first-order valence-corrected chi connectivity index (χ1v) is 6.74. The molecule has 0 atom stereocenters. The molecule has 0 N–H and O–H groups in total. The molecule has 4 heteroatoms. The molecule has 2 fully saturated rings. The molecule has 92 valence electrons. The number of carbonyl (C=O) groups is 1. The lowest BCUT2D eigenvalue weighted by Crippen LogP contribution is -2.41. The van der Waals surface area contributed by atoms with Crippen molar-refractivity contribution in [3.8, 4) is 0 Å². The van der Waals surface area contributed by atoms with E-state index in [9.17, 15) is 4.79 Å². The molecule has 2 rings (SSSR count). The Hall–Kier alpha value is -0.220. The van der Waals surface area contributed by atoms with E-state index in [0.717, 1.165) is 31.8 Å². The predicted octanol–water partition coefficient (Wildman–Crippen LogP) is 1.72. The molecule has 1 amide bonds. The number of hydrogen-bond donors (Lipinski definition) is 1. The first-order valence-electron chi connectivity index (χ1n) is 6.11. The van der Waals surface area contributed by atoms with Crippen LogP contribution in [-0.2, 0) is 9.53 Å². The van der Waals surface area contributed by atoms with Gasteiger partial charge in [-0.1, -0.05) is 0 Å². The van der Waals surface area contributed by atoms with E-state index in [1.165, 1.54) is 12.8 Å². The fourth-order valence-electron chi connectivity index (χ4n) is 2.29. The SMILES string of the molecule is CN(C(=O)CC1(CS)CC1)C1CCOCC1. The van der Waals surface area contributed by atoms with Gasteiger partial charge in [0.05, 0.1) is 0 Å². The van der Waals surface area contributed by atoms with E-state index >= 15 is 0 Å². The number of thiol groups is 1. The molecule has 3 nitrogen and oxygen atoms in total. The average Bonchev–Trinajstić information content (AvgIpc) is 3.09. The maximum Gasteiger partial charge on any atom is 0.223 e. The van der Waals surface area contributed by atoms with Crippen LogP contribution >= 0.6 is 12.6 Å². The molecule has 0 radical (unpaired) electrons. The first kappa shape index (κ1) is 12.2. The van der Waals surface area contributed by atoms with Crippen LogP contribution in [0, 0.1) is 5.41 Å². The third kappa shape index (κ3) is 2.72. The largest absolute Gasteiger partial charge is 0.381 e. The summed E-state index contributed by atoms with van der Waals surface area (Å²) in [7, 11) is 1.94. The third-order valence-electron chi connectivity index (χ3n) is 3.95. The number of nitrogens with zero attached hydrogens (tertiary/aromatic N) is 1. The molecule has 1 saturated heterocycles. The molecule has 0 aromatic heterocycles. The zero-order valence-electron chi connectivity index (χ0n) is 9.95. The number of amides is 1. The van der Waals surface area contributed by atoms with Crippen molar-refractivity contribution in [3.63, 3.8) is 0 Å². The Morgan fingerprint density at radius 3 is 2.56 bits per heavy atom. The molecule has 0 aromatic rings. The number of rotatable bonds is 4. The second-order valence-electron chi connectivity index (χ2n) is 5.18. The first-order chi connectivity index (χ1) is 7.67. The number of hydrogen-bond acceptors (Lipinski definition) is 3. The van der Waals surface area contributed by atoms with Gasteiger partial charge in [-0.05, 0) is 36.9 Å². The summed E-state index contributed by atoms with van der Waals surface area (Å²) in [6.07, 6.45) is 4.99. The van der Waals surface area contributed by atoms with Gasteiger partial charge in [-0.2, -0.15) is 12.6 Å². The molecular weight excluding hydrogens is 222 g/mol. The lowest BCUT2D eigenvalue weighted by molar-refractivity contribution is -0.134. The molecule has 0 aromatic carbocycles. The van der Waals surface area contributed by atoms with Gasteiger partial charge in [0.2, 0.25) is 5.91 Å². The molecule has 1 saturated carbocycles. The van der Waals surface area contributed by atoms with Gasteiger partial charge in [-0.3, -0.25) is 4.79 Å². The minimum atomic E-state index is 0.236. The third-order valence-corrected chi connectivity index (χ3v) is 4.62. The Labute approximate surface area is 103 Å². The van der Waals surface area contributed by atoms with Gasteiger partial charge < -0.3 is 9.64 Å². The average molecular weight is 243 g/mol. The fraction of sp³-hybridized carbons (Fsp3) is 0.917. The van der Waals surface area contributed by atoms with Crippen molar-refractivity contribution in [1.29, 1.82) is 0 Å². The number of ether oxygens (including phenoxy) is 1. The topological polar surface area (TPSA) is 29.5 Å². The predicted molar refractivity (Wildman–Crippen MR) is 66.7 cm³/mol. The summed E-state index contributed by atoms with van der Waals surface area (Å²) in [5, 5.41) is 0. The maximum absolute atomic E-state index is 12.1. The van der Waals surface area contributed by atoms with Gasteiger partial charge in [0, 0.05) is 32.7 Å². The van der Waals surface area contributed by atoms with Gasteiger partial charge in [0.1, 0.15) is 0 Å². The second kappa shape index (κ2) is 4.96. The van der Waals surface area contributed by atoms with E-state index in [0.29, 0.717) is 18.4 Å². The van der Waals surface area contributed by atoms with Crippen LogP contribution in [0.15, 0.2) is 0 Å². The Bertz CT molecular complexity index is 260. The summed E-state index contributed by atoms with van der Waals surface area (Å²) in [5.41, 5.74) is 0.236. The van der Waals surface area contributed by atoms with Crippen LogP contribution in [0.5, 0.6) is 0 Å². The van der Waals surface area contributed by atoms with E-state index in [1.54, 1.807) is 0 Å². The molecule has 0 bridgehead atoms. The maximum atomic E-state index is 12.1. The highest BCUT2D eigenvalue weighted by Crippen LogP contribution is 2.49. The van der Waals surface area contributed by atoms with Crippen molar-refractivity contribution in [1.82, 2.24) is 4.90 Å². The fourth-order valence-corrected chi connectivity index (χ4v) is 2.72. The van der Waals surface area contributed by atoms with Crippen molar-refractivity contribution in [2.45, 2.75) is 38.1 Å². The zero-order chi connectivity index (χ0) is 11.6. The van der Waals surface area contributed by atoms with Gasteiger partial charge in [0.15, 0.2) is 0 Å². The highest BCUT2D eigenvalue weighted by molar-refractivity contribution is 7.80. The van der Waals surface area contributed by atoms with Gasteiger partial charge >= 0.3 is 0 Å². The van der Waals surface area contributed by atoms with E-state index in [1.807, 2.05) is 11.9 Å². The Morgan fingerprint density at radius 2 is 2.06 bits per heavy atom. The lowest BCUT2D eigenvalue weighted by Gasteiger charge is -2.32. The van der Waals surface area contributed by atoms with Crippen LogP contribution in [0.2, 0.25) is 0 Å². The van der Waals surface area contributed by atoms with Gasteiger partial charge in [-0.25, -0.2) is 0 Å². The molecule has 16 heavy (non-hydrogen) atoms. The molecule has 0 unspecified atom stereocenters. The minimum absolute atomic E-state index is 0.236. The summed E-state index contributed by atoms with van der Waals surface area (Å²) in [6, 6.07) is 0.386. The quantitative estimate of drug-likeness (QED) is 0.762. The van der Waals surface area contributed by atoms with Crippen LogP contribution in [0.25, 0.3) is 0 Å². The Balaban J connectivity index is 1.83. The van der Waals surface area contributed by atoms with Crippen molar-refractivity contribution in [2.75, 3.05) is 26.0 Å². The highest BCUT2D eigenvalue weighted by atomic mass is 32.1. The zero-order valence-corrected chi connectivity index (χ0v) is 10.8. The summed E-state index contributed by atoms with van der Waals surface area (Å²) < 4.78 is 5.31. The number of carbonyl (C=O) groups excluding carboxylic acids is 1. The van der Waals surface area contributed by atoms with Crippen molar-refractivity contribution in [2.24, 2.45) is 5.41 Å². The van der Waals surface area contributed by atoms with E-state index in [2.05, 4.69) is 12.6 Å². The smallest absolute Gasteiger partial charge is 0.223 e. The summed E-state index contributed by atoms with van der Waals surface area (Å²) >= 11 is 4.34. The van der Waals surface area contributed by atoms with Crippen LogP contribution in [0.3, 0.4) is 0 Å². The van der Waals surface area contributed by atoms with Crippen molar-refractivity contribution < 1.29 is 9.53 Å². The normalized spacial score (nSPS) is 24.1. The van der Waals surface area contributed by atoms with E-state index < -0.39 is 0 Å². The molecule has 1 aliphatic carbocycles. The second-order valence-corrected chi connectivity index (χ2v) is 5.50.